The Bertz CT molecular complexity index is 235. The number of phenols is 2. The average Bonchev–Trinajstić information content (AvgIpc) is 2.24. The molecule has 3 N–H and O–H groups in total. The maximum absolute atomic E-state index is 8.67. The highest BCUT2D eigenvalue weighted by Crippen LogP contribution is 2.21. The summed E-state index contributed by atoms with van der Waals surface area (Å²) in [4.78, 5) is 0. The third-order valence-corrected chi connectivity index (χ3v) is 1.62. The molecule has 83 valence electrons. The summed E-state index contributed by atoms with van der Waals surface area (Å²) in [5.74, 6) is 0.424. The maximum Gasteiger partial charge on any atom is 0.485 e. The van der Waals surface area contributed by atoms with Gasteiger partial charge in [-0.15, -0.1) is 11.6 Å². The number of alkyl halides is 1. The Labute approximate surface area is 94.4 Å². The molecule has 1 radical (unpaired) electrons. The standard InChI is InChI=1S/C6H6O2.C3H7BClO2/c7-5-3-1-2-4-6(5)8;5-2-1-3-7-4-6/h1-4,7-8H;6H,1-3H2. The largest absolute Gasteiger partial charge is 0.504 e. The van der Waals surface area contributed by atoms with Crippen LogP contribution < -0.4 is 0 Å². The van der Waals surface area contributed by atoms with Gasteiger partial charge < -0.3 is 19.9 Å². The predicted octanol–water partition coefficient (Wildman–Crippen LogP) is 1.26. The van der Waals surface area contributed by atoms with Gasteiger partial charge in [-0.1, -0.05) is 12.1 Å². The van der Waals surface area contributed by atoms with Gasteiger partial charge in [0, 0.05) is 12.5 Å². The Balaban J connectivity index is 0.000000265. The van der Waals surface area contributed by atoms with Crippen LogP contribution in [0.15, 0.2) is 24.3 Å². The van der Waals surface area contributed by atoms with Crippen molar-refractivity contribution in [2.75, 3.05) is 12.5 Å². The third-order valence-electron chi connectivity index (χ3n) is 1.35. The molecule has 15 heavy (non-hydrogen) atoms. The molecule has 1 aromatic rings. The van der Waals surface area contributed by atoms with Crippen LogP contribution in [0.1, 0.15) is 6.42 Å². The van der Waals surface area contributed by atoms with Gasteiger partial charge in [-0.3, -0.25) is 0 Å². The summed E-state index contributed by atoms with van der Waals surface area (Å²) < 4.78 is 4.42. The van der Waals surface area contributed by atoms with E-state index in [9.17, 15) is 0 Å². The molecule has 0 aliphatic rings. The van der Waals surface area contributed by atoms with E-state index < -0.39 is 0 Å². The first-order valence-corrected chi connectivity index (χ1v) is 4.86. The normalized spacial score (nSPS) is 8.93. The molecule has 0 atom stereocenters. The lowest BCUT2D eigenvalue weighted by molar-refractivity contribution is 0.285. The van der Waals surface area contributed by atoms with E-state index in [2.05, 4.69) is 4.65 Å². The van der Waals surface area contributed by atoms with Crippen molar-refractivity contribution in [3.8, 4) is 11.5 Å². The fraction of sp³-hybridized carbons (Fsp3) is 0.333. The lowest BCUT2D eigenvalue weighted by Gasteiger charge is -1.91. The zero-order chi connectivity index (χ0) is 11.5. The molecule has 4 nitrogen and oxygen atoms in total. The van der Waals surface area contributed by atoms with Crippen LogP contribution in [0, 0.1) is 0 Å². The van der Waals surface area contributed by atoms with Crippen LogP contribution in [0.25, 0.3) is 0 Å². The summed E-state index contributed by atoms with van der Waals surface area (Å²) in [5, 5.41) is 25.2. The van der Waals surface area contributed by atoms with E-state index in [4.69, 9.17) is 26.8 Å². The smallest absolute Gasteiger partial charge is 0.485 e. The molecule has 0 aromatic heterocycles. The van der Waals surface area contributed by atoms with Gasteiger partial charge >= 0.3 is 7.69 Å². The number of hydrogen-bond donors (Lipinski definition) is 3. The Morgan fingerprint density at radius 3 is 2.07 bits per heavy atom. The van der Waals surface area contributed by atoms with E-state index in [1.807, 2.05) is 0 Å². The summed E-state index contributed by atoms with van der Waals surface area (Å²) in [6, 6.07) is 6.15. The summed E-state index contributed by atoms with van der Waals surface area (Å²) in [6.45, 7) is 0.500. The van der Waals surface area contributed by atoms with Crippen LogP contribution in [0.4, 0.5) is 0 Å². The quantitative estimate of drug-likeness (QED) is 0.316. The number of hydrogen-bond acceptors (Lipinski definition) is 4. The highest BCUT2D eigenvalue weighted by molar-refractivity contribution is 6.18. The number of phenolic OH excluding ortho intramolecular Hbond substituents is 2. The minimum Gasteiger partial charge on any atom is -0.504 e. The van der Waals surface area contributed by atoms with Crippen molar-refractivity contribution in [3.63, 3.8) is 0 Å². The van der Waals surface area contributed by atoms with Crippen LogP contribution in [0.5, 0.6) is 11.5 Å². The second-order valence-corrected chi connectivity index (χ2v) is 2.89. The minimum absolute atomic E-state index is 0.0764. The average molecular weight is 231 g/mol. The van der Waals surface area contributed by atoms with Crippen molar-refractivity contribution in [1.29, 1.82) is 0 Å². The zero-order valence-corrected chi connectivity index (χ0v) is 8.89. The first-order chi connectivity index (χ1) is 7.22. The second-order valence-electron chi connectivity index (χ2n) is 2.51. The Kier molecular flexibility index (Phi) is 9.06. The molecule has 0 saturated carbocycles. The van der Waals surface area contributed by atoms with Crippen molar-refractivity contribution in [3.05, 3.63) is 24.3 Å². The molecule has 0 fully saturated rings. The van der Waals surface area contributed by atoms with Crippen LogP contribution >= 0.6 is 11.6 Å². The first kappa shape index (κ1) is 14.1. The lowest BCUT2D eigenvalue weighted by Crippen LogP contribution is -1.98. The van der Waals surface area contributed by atoms with Gasteiger partial charge in [0.25, 0.3) is 0 Å². The van der Waals surface area contributed by atoms with Crippen molar-refractivity contribution in [2.24, 2.45) is 0 Å². The van der Waals surface area contributed by atoms with E-state index in [-0.39, 0.29) is 11.5 Å². The van der Waals surface area contributed by atoms with E-state index in [1.54, 1.807) is 12.1 Å². The van der Waals surface area contributed by atoms with Gasteiger partial charge in [-0.25, -0.2) is 0 Å². The third kappa shape index (κ3) is 8.11. The Morgan fingerprint density at radius 1 is 1.20 bits per heavy atom. The Morgan fingerprint density at radius 2 is 1.73 bits per heavy atom. The van der Waals surface area contributed by atoms with Crippen LogP contribution in [0.3, 0.4) is 0 Å². The first-order valence-electron chi connectivity index (χ1n) is 4.32. The minimum atomic E-state index is -0.0764. The number of benzene rings is 1. The molecule has 0 amide bonds. The zero-order valence-electron chi connectivity index (χ0n) is 8.14. The molecule has 0 saturated heterocycles. The van der Waals surface area contributed by atoms with Crippen molar-refractivity contribution in [1.82, 2.24) is 0 Å². The van der Waals surface area contributed by atoms with Crippen molar-refractivity contribution < 1.29 is 19.9 Å². The molecule has 1 aromatic carbocycles. The molecule has 0 unspecified atom stereocenters. The highest BCUT2D eigenvalue weighted by atomic mass is 35.5. The molecule has 0 bridgehead atoms. The van der Waals surface area contributed by atoms with E-state index >= 15 is 0 Å². The maximum atomic E-state index is 8.67. The molecule has 0 heterocycles. The predicted molar refractivity (Wildman–Crippen MR) is 59.0 cm³/mol. The van der Waals surface area contributed by atoms with E-state index in [0.29, 0.717) is 20.2 Å². The summed E-state index contributed by atoms with van der Waals surface area (Å²) >= 11 is 5.26. The molecular weight excluding hydrogens is 218 g/mol. The SMILES string of the molecule is O[B]OCCCCl.Oc1ccccc1O. The summed E-state index contributed by atoms with van der Waals surface area (Å²) in [7, 11) is 0.673. The molecule has 0 aliphatic carbocycles. The number of rotatable bonds is 4. The number of halogens is 1. The van der Waals surface area contributed by atoms with Crippen LogP contribution in [-0.4, -0.2) is 35.4 Å². The fourth-order valence-corrected chi connectivity index (χ4v) is 0.764. The van der Waals surface area contributed by atoms with Gasteiger partial charge in [0.2, 0.25) is 0 Å². The molecule has 0 spiro atoms. The van der Waals surface area contributed by atoms with Gasteiger partial charge in [0.15, 0.2) is 11.5 Å². The monoisotopic (exact) mass is 231 g/mol. The van der Waals surface area contributed by atoms with Crippen LogP contribution in [-0.2, 0) is 4.65 Å². The summed E-state index contributed by atoms with van der Waals surface area (Å²) in [5.41, 5.74) is 0. The topological polar surface area (TPSA) is 69.9 Å². The van der Waals surface area contributed by atoms with Crippen molar-refractivity contribution >= 4 is 19.3 Å². The summed E-state index contributed by atoms with van der Waals surface area (Å²) in [6.07, 6.45) is 0.776. The van der Waals surface area contributed by atoms with E-state index in [1.165, 1.54) is 12.1 Å². The van der Waals surface area contributed by atoms with Gasteiger partial charge in [-0.2, -0.15) is 0 Å². The fourth-order valence-electron chi connectivity index (χ4n) is 0.655. The van der Waals surface area contributed by atoms with Crippen LogP contribution in [0.2, 0.25) is 0 Å². The number of para-hydroxylation sites is 2. The van der Waals surface area contributed by atoms with E-state index in [0.717, 1.165) is 6.42 Å². The molecule has 1 rings (SSSR count). The second kappa shape index (κ2) is 9.64. The number of aromatic hydroxyl groups is 2. The molecule has 0 aliphatic heterocycles. The van der Waals surface area contributed by atoms with Gasteiger partial charge in [0.05, 0.1) is 0 Å². The molecular formula is C9H13BClO4. The van der Waals surface area contributed by atoms with Gasteiger partial charge in [0.1, 0.15) is 0 Å². The lowest BCUT2D eigenvalue weighted by atomic mass is 10.3. The highest BCUT2D eigenvalue weighted by Gasteiger charge is 1.90. The Hall–Kier alpha value is -0.905. The van der Waals surface area contributed by atoms with Crippen molar-refractivity contribution in [2.45, 2.75) is 6.42 Å². The molecule has 6 heteroatoms. The van der Waals surface area contributed by atoms with Gasteiger partial charge in [-0.05, 0) is 18.6 Å².